The number of carbonyl (C=O) groups excluding carboxylic acids is 1. The van der Waals surface area contributed by atoms with Crippen LogP contribution < -0.4 is 4.74 Å². The minimum Gasteiger partial charge on any atom is -0.461 e. The first-order valence-electron chi connectivity index (χ1n) is 7.04. The lowest BCUT2D eigenvalue weighted by Crippen LogP contribution is -2.25. The highest BCUT2D eigenvalue weighted by Crippen LogP contribution is 2.32. The molecule has 1 unspecified atom stereocenters. The first kappa shape index (κ1) is 20.9. The topological polar surface area (TPSA) is 44.1 Å². The molecule has 4 nitrogen and oxygen atoms in total. The van der Waals surface area contributed by atoms with E-state index in [1.54, 1.807) is 30.5 Å². The standard InChI is InChI=1S/C17H10Cl4N2O2.ClH/c18-10-1-3-12(13(20)7-10)16(24)17(23-6-5-22-9-23)25-15-4-2-11(19)8-14(15)21;/h1-9,17H;1H. The van der Waals surface area contributed by atoms with Gasteiger partial charge in [0, 0.05) is 28.0 Å². The quantitative estimate of drug-likeness (QED) is 0.422. The molecule has 2 aromatic carbocycles. The first-order chi connectivity index (χ1) is 12.0. The van der Waals surface area contributed by atoms with Crippen molar-refractivity contribution in [1.29, 1.82) is 0 Å². The SMILES string of the molecule is Cl.O=C(c1ccc(Cl)cc1Cl)C(Oc1ccc(Cl)cc1Cl)n1ccnc1. The van der Waals surface area contributed by atoms with E-state index in [0.29, 0.717) is 15.8 Å². The maximum atomic E-state index is 13.0. The van der Waals surface area contributed by atoms with Crippen LogP contribution in [0.25, 0.3) is 0 Å². The van der Waals surface area contributed by atoms with Gasteiger partial charge in [0.05, 0.1) is 16.4 Å². The zero-order valence-corrected chi connectivity index (χ0v) is 16.7. The fraction of sp³-hybridized carbons (Fsp3) is 0.0588. The molecule has 0 aliphatic heterocycles. The van der Waals surface area contributed by atoms with E-state index in [4.69, 9.17) is 51.1 Å². The van der Waals surface area contributed by atoms with Gasteiger partial charge in [0.15, 0.2) is 0 Å². The molecule has 1 aromatic heterocycles. The maximum Gasteiger partial charge on any atom is 0.241 e. The second-order valence-corrected chi connectivity index (χ2v) is 6.73. The van der Waals surface area contributed by atoms with Gasteiger partial charge >= 0.3 is 0 Å². The molecule has 1 atom stereocenters. The number of rotatable bonds is 5. The van der Waals surface area contributed by atoms with Crippen molar-refractivity contribution >= 4 is 64.6 Å². The molecule has 0 aliphatic carbocycles. The third-order valence-electron chi connectivity index (χ3n) is 3.35. The monoisotopic (exact) mass is 450 g/mol. The van der Waals surface area contributed by atoms with Crippen molar-refractivity contribution < 1.29 is 9.53 Å². The highest BCUT2D eigenvalue weighted by molar-refractivity contribution is 6.37. The molecule has 0 amide bonds. The second kappa shape index (κ2) is 8.98. The Hall–Kier alpha value is -1.43. The van der Waals surface area contributed by atoms with E-state index >= 15 is 0 Å². The molecule has 0 radical (unpaired) electrons. The minimum absolute atomic E-state index is 0. The zero-order valence-electron chi connectivity index (χ0n) is 12.9. The van der Waals surface area contributed by atoms with Gasteiger partial charge in [0.25, 0.3) is 0 Å². The second-order valence-electron chi connectivity index (χ2n) is 5.04. The summed E-state index contributed by atoms with van der Waals surface area (Å²) in [5, 5.41) is 1.41. The van der Waals surface area contributed by atoms with Crippen LogP contribution in [0.4, 0.5) is 0 Å². The number of hydrogen-bond donors (Lipinski definition) is 0. The molecule has 0 aliphatic rings. The summed E-state index contributed by atoms with van der Waals surface area (Å²) < 4.78 is 7.35. The van der Waals surface area contributed by atoms with Crippen molar-refractivity contribution in [3.63, 3.8) is 0 Å². The van der Waals surface area contributed by atoms with Crippen molar-refractivity contribution in [2.75, 3.05) is 0 Å². The molecule has 0 bridgehead atoms. The third-order valence-corrected chi connectivity index (χ3v) is 4.43. The molecule has 0 N–H and O–H groups in total. The van der Waals surface area contributed by atoms with Crippen LogP contribution in [0.15, 0.2) is 55.1 Å². The normalized spacial score (nSPS) is 11.5. The fourth-order valence-electron chi connectivity index (χ4n) is 2.17. The smallest absolute Gasteiger partial charge is 0.241 e. The van der Waals surface area contributed by atoms with Crippen LogP contribution in [-0.4, -0.2) is 15.3 Å². The number of ketones is 1. The summed E-state index contributed by atoms with van der Waals surface area (Å²) in [7, 11) is 0. The van der Waals surface area contributed by atoms with Gasteiger partial charge < -0.3 is 4.74 Å². The van der Waals surface area contributed by atoms with E-state index < -0.39 is 6.23 Å². The van der Waals surface area contributed by atoms with Crippen LogP contribution in [0.5, 0.6) is 5.75 Å². The van der Waals surface area contributed by atoms with Crippen molar-refractivity contribution in [3.8, 4) is 5.75 Å². The highest BCUT2D eigenvalue weighted by Gasteiger charge is 2.26. The van der Waals surface area contributed by atoms with Gasteiger partial charge in [-0.15, -0.1) is 12.4 Å². The molecule has 3 aromatic rings. The number of halogens is 5. The Balaban J connectivity index is 0.00000243. The summed E-state index contributed by atoms with van der Waals surface area (Å²) in [6.07, 6.45) is 3.57. The van der Waals surface area contributed by atoms with Crippen LogP contribution in [0, 0.1) is 0 Å². The number of benzene rings is 2. The largest absolute Gasteiger partial charge is 0.461 e. The molecule has 0 fully saturated rings. The lowest BCUT2D eigenvalue weighted by atomic mass is 10.1. The Morgan fingerprint density at radius 1 is 1.00 bits per heavy atom. The minimum atomic E-state index is -1.04. The lowest BCUT2D eigenvalue weighted by Gasteiger charge is -2.20. The van der Waals surface area contributed by atoms with Crippen LogP contribution >= 0.6 is 58.8 Å². The average molecular weight is 453 g/mol. The van der Waals surface area contributed by atoms with E-state index in [9.17, 15) is 4.79 Å². The number of hydrogen-bond acceptors (Lipinski definition) is 3. The molecule has 1 heterocycles. The van der Waals surface area contributed by atoms with E-state index in [1.165, 1.54) is 29.2 Å². The Kier molecular flexibility index (Phi) is 7.21. The summed E-state index contributed by atoms with van der Waals surface area (Å²) in [6.45, 7) is 0. The van der Waals surface area contributed by atoms with Crippen LogP contribution in [-0.2, 0) is 0 Å². The summed E-state index contributed by atoms with van der Waals surface area (Å²) in [4.78, 5) is 16.9. The molecule has 0 spiro atoms. The van der Waals surface area contributed by atoms with Crippen molar-refractivity contribution in [3.05, 3.63) is 80.8 Å². The Morgan fingerprint density at radius 2 is 1.65 bits per heavy atom. The maximum absolute atomic E-state index is 13.0. The Labute approximate surface area is 176 Å². The number of aromatic nitrogens is 2. The molecule has 3 rings (SSSR count). The fourth-order valence-corrected chi connectivity index (χ4v) is 3.13. The van der Waals surface area contributed by atoms with Crippen molar-refractivity contribution in [1.82, 2.24) is 9.55 Å². The van der Waals surface area contributed by atoms with Crippen LogP contribution in [0.2, 0.25) is 20.1 Å². The summed E-state index contributed by atoms with van der Waals surface area (Å²) >= 11 is 24.1. The predicted molar refractivity (Wildman–Crippen MR) is 106 cm³/mol. The highest BCUT2D eigenvalue weighted by atomic mass is 35.5. The number of carbonyl (C=O) groups is 1. The molecular weight excluding hydrogens is 441 g/mol. The van der Waals surface area contributed by atoms with Gasteiger partial charge in [-0.1, -0.05) is 46.4 Å². The molecular formula is C17H11Cl5N2O2. The van der Waals surface area contributed by atoms with E-state index in [2.05, 4.69) is 4.98 Å². The summed E-state index contributed by atoms with van der Waals surface area (Å²) in [5.74, 6) is -0.0612. The van der Waals surface area contributed by atoms with Crippen LogP contribution in [0.1, 0.15) is 16.6 Å². The van der Waals surface area contributed by atoms with Crippen LogP contribution in [0.3, 0.4) is 0 Å². The summed E-state index contributed by atoms with van der Waals surface area (Å²) in [5.41, 5.74) is 0.273. The average Bonchev–Trinajstić information content (AvgIpc) is 3.08. The van der Waals surface area contributed by atoms with Gasteiger partial charge in [0.2, 0.25) is 12.0 Å². The summed E-state index contributed by atoms with van der Waals surface area (Å²) in [6, 6.07) is 9.36. The molecule has 136 valence electrons. The number of nitrogens with zero attached hydrogens (tertiary/aromatic N) is 2. The first-order valence-corrected chi connectivity index (χ1v) is 8.55. The Bertz CT molecular complexity index is 916. The molecule has 9 heteroatoms. The van der Waals surface area contributed by atoms with Crippen molar-refractivity contribution in [2.45, 2.75) is 6.23 Å². The zero-order chi connectivity index (χ0) is 18.0. The number of ether oxygens (including phenoxy) is 1. The van der Waals surface area contributed by atoms with Gasteiger partial charge in [-0.25, -0.2) is 4.98 Å². The predicted octanol–water partition coefficient (Wildman–Crippen LogP) is 6.38. The lowest BCUT2D eigenvalue weighted by molar-refractivity contribution is 0.0654. The number of Topliss-reactive ketones (excluding diaryl/α,β-unsaturated/α-hetero) is 1. The number of imidazole rings is 1. The van der Waals surface area contributed by atoms with E-state index in [1.807, 2.05) is 0 Å². The third kappa shape index (κ3) is 4.64. The van der Waals surface area contributed by atoms with E-state index in [-0.39, 0.29) is 33.8 Å². The molecule has 26 heavy (non-hydrogen) atoms. The van der Waals surface area contributed by atoms with Gasteiger partial charge in [-0.2, -0.15) is 0 Å². The van der Waals surface area contributed by atoms with E-state index in [0.717, 1.165) is 0 Å². The van der Waals surface area contributed by atoms with Gasteiger partial charge in [0.1, 0.15) is 5.75 Å². The van der Waals surface area contributed by atoms with Gasteiger partial charge in [-0.05, 0) is 36.4 Å². The Morgan fingerprint density at radius 3 is 2.23 bits per heavy atom. The molecule has 0 saturated heterocycles. The molecule has 0 saturated carbocycles. The van der Waals surface area contributed by atoms with Crippen molar-refractivity contribution in [2.24, 2.45) is 0 Å². The van der Waals surface area contributed by atoms with Gasteiger partial charge in [-0.3, -0.25) is 9.36 Å².